The van der Waals surface area contributed by atoms with Gasteiger partial charge in [-0.15, -0.1) is 0 Å². The Morgan fingerprint density at radius 3 is 2.27 bits per heavy atom. The minimum Gasteiger partial charge on any atom is -0.469 e. The molecule has 1 aliphatic heterocycles. The van der Waals surface area contributed by atoms with Gasteiger partial charge >= 0.3 is 5.97 Å². The number of ether oxygens (including phenoxy) is 3. The molecule has 0 aromatic heterocycles. The van der Waals surface area contributed by atoms with Crippen LogP contribution in [0.2, 0.25) is 0 Å². The Morgan fingerprint density at radius 2 is 1.63 bits per heavy atom. The molecule has 3 fully saturated rings. The summed E-state index contributed by atoms with van der Waals surface area (Å²) in [6.07, 6.45) is 3.03. The number of esters is 1. The van der Waals surface area contributed by atoms with E-state index in [1.54, 1.807) is 6.92 Å². The van der Waals surface area contributed by atoms with Crippen molar-refractivity contribution in [1.29, 1.82) is 0 Å². The van der Waals surface area contributed by atoms with Crippen molar-refractivity contribution in [1.82, 2.24) is 0 Å². The van der Waals surface area contributed by atoms with Crippen LogP contribution in [0.25, 0.3) is 0 Å². The van der Waals surface area contributed by atoms with E-state index in [1.807, 2.05) is 13.8 Å². The summed E-state index contributed by atoms with van der Waals surface area (Å²) in [4.78, 5) is 52.7. The topological polar surface area (TPSA) is 96.0 Å². The molecule has 5 rings (SSSR count). The maximum Gasteiger partial charge on any atom is 0.308 e. The molecule has 0 radical (unpaired) electrons. The Balaban J connectivity index is 1.59. The molecule has 4 aliphatic carbocycles. The number of hydrogen-bond acceptors (Lipinski definition) is 7. The van der Waals surface area contributed by atoms with Crippen LogP contribution in [0.4, 0.5) is 0 Å². The Bertz CT molecular complexity index is 1210. The number of methoxy groups -OCH3 is 1. The first-order valence-corrected chi connectivity index (χ1v) is 15.6. The lowest BCUT2D eigenvalue weighted by molar-refractivity contribution is -0.249. The molecule has 228 valence electrons. The number of hydrogen-bond donors (Lipinski definition) is 0. The molecule has 0 spiro atoms. The largest absolute Gasteiger partial charge is 0.469 e. The number of ketones is 3. The van der Waals surface area contributed by atoms with Crippen molar-refractivity contribution < 1.29 is 33.4 Å². The second-order valence-corrected chi connectivity index (χ2v) is 15.7. The summed E-state index contributed by atoms with van der Waals surface area (Å²) >= 11 is 0. The standard InChI is InChI=1S/C34H50O7/c1-18(13-20(35)14-19(2)29(38)39-10)21-15-26-34(9)28-23(40-31(5,6)41-26)16-24-30(3,4)25(37)11-12-32(24,7)27(28)22(36)17-33(21,34)8/h18-19,21,23-24,26H,11-17H2,1-10H3. The zero-order valence-corrected chi connectivity index (χ0v) is 26.8. The SMILES string of the molecule is COC(=O)C(C)CC(=O)CC(C)C1CC2OC(C)(C)OC3CC4C(C)(C)C(=O)CCC4(C)C4=C3C2(C)C1(C)CC4=O. The number of rotatable bonds is 6. The second-order valence-electron chi connectivity index (χ2n) is 15.7. The molecule has 0 aromatic rings. The molecular formula is C34H50O7. The number of allylic oxidation sites excluding steroid dienone is 1. The number of fused-ring (bicyclic) bond motifs is 2. The number of carbonyl (C=O) groups excluding carboxylic acids is 4. The number of Topliss-reactive ketones (excluding diaryl/α,β-unsaturated/α-hetero) is 3. The van der Waals surface area contributed by atoms with Gasteiger partial charge in [0, 0.05) is 47.5 Å². The van der Waals surface area contributed by atoms with E-state index in [2.05, 4.69) is 41.5 Å². The van der Waals surface area contributed by atoms with Gasteiger partial charge in [0.1, 0.15) is 11.6 Å². The van der Waals surface area contributed by atoms with Gasteiger partial charge in [0.05, 0.1) is 25.2 Å². The lowest BCUT2D eigenvalue weighted by atomic mass is 9.42. The highest BCUT2D eigenvalue weighted by Gasteiger charge is 2.72. The third-order valence-electron chi connectivity index (χ3n) is 12.6. The fourth-order valence-electron chi connectivity index (χ4n) is 10.3. The first kappa shape index (κ1) is 30.6. The summed E-state index contributed by atoms with van der Waals surface area (Å²) < 4.78 is 18.4. The molecule has 1 heterocycles. The summed E-state index contributed by atoms with van der Waals surface area (Å²) in [6, 6.07) is 0. The molecule has 0 bridgehead atoms. The summed E-state index contributed by atoms with van der Waals surface area (Å²) in [5.41, 5.74) is 0.207. The van der Waals surface area contributed by atoms with E-state index in [1.165, 1.54) is 7.11 Å². The molecule has 0 amide bonds. The average molecular weight is 571 g/mol. The van der Waals surface area contributed by atoms with Gasteiger partial charge in [0.15, 0.2) is 11.6 Å². The van der Waals surface area contributed by atoms with Gasteiger partial charge in [-0.2, -0.15) is 0 Å². The number of carbonyl (C=O) groups is 4. The fourth-order valence-corrected chi connectivity index (χ4v) is 10.3. The van der Waals surface area contributed by atoms with Crippen LogP contribution in [0, 0.1) is 45.3 Å². The van der Waals surface area contributed by atoms with Crippen LogP contribution >= 0.6 is 0 Å². The molecule has 2 saturated carbocycles. The highest BCUT2D eigenvalue weighted by atomic mass is 16.7. The van der Waals surface area contributed by atoms with E-state index in [4.69, 9.17) is 14.2 Å². The third-order valence-corrected chi connectivity index (χ3v) is 12.6. The maximum atomic E-state index is 14.5. The van der Waals surface area contributed by atoms with Crippen molar-refractivity contribution in [2.75, 3.05) is 7.11 Å². The predicted molar refractivity (Wildman–Crippen MR) is 154 cm³/mol. The molecule has 9 atom stereocenters. The van der Waals surface area contributed by atoms with Crippen LogP contribution in [0.15, 0.2) is 11.1 Å². The Hall–Kier alpha value is -1.86. The highest BCUT2D eigenvalue weighted by Crippen LogP contribution is 2.73. The van der Waals surface area contributed by atoms with Crippen molar-refractivity contribution >= 4 is 23.3 Å². The van der Waals surface area contributed by atoms with E-state index >= 15 is 0 Å². The molecular weight excluding hydrogens is 520 g/mol. The molecule has 9 unspecified atom stereocenters. The van der Waals surface area contributed by atoms with Gasteiger partial charge in [-0.25, -0.2) is 0 Å². The van der Waals surface area contributed by atoms with Crippen molar-refractivity contribution in [2.45, 2.75) is 125 Å². The van der Waals surface area contributed by atoms with Gasteiger partial charge in [0.2, 0.25) is 0 Å². The molecule has 7 heteroatoms. The normalized spacial score (nSPS) is 42.1. The van der Waals surface area contributed by atoms with Crippen LogP contribution < -0.4 is 0 Å². The lowest BCUT2D eigenvalue weighted by Crippen LogP contribution is -2.60. The summed E-state index contributed by atoms with van der Waals surface area (Å²) in [6.45, 7) is 18.6. The zero-order valence-electron chi connectivity index (χ0n) is 26.8. The second kappa shape index (κ2) is 9.57. The summed E-state index contributed by atoms with van der Waals surface area (Å²) in [5, 5.41) is 0. The molecule has 7 nitrogen and oxygen atoms in total. The van der Waals surface area contributed by atoms with Gasteiger partial charge in [0.25, 0.3) is 0 Å². The van der Waals surface area contributed by atoms with Crippen LogP contribution in [-0.2, 0) is 33.4 Å². The van der Waals surface area contributed by atoms with Crippen LogP contribution in [0.3, 0.4) is 0 Å². The highest BCUT2D eigenvalue weighted by molar-refractivity contribution is 6.01. The van der Waals surface area contributed by atoms with Crippen LogP contribution in [0.1, 0.15) is 107 Å². The zero-order chi connectivity index (χ0) is 30.5. The van der Waals surface area contributed by atoms with Crippen molar-refractivity contribution in [3.63, 3.8) is 0 Å². The van der Waals surface area contributed by atoms with E-state index < -0.39 is 33.4 Å². The quantitative estimate of drug-likeness (QED) is 0.361. The first-order chi connectivity index (χ1) is 18.8. The predicted octanol–water partition coefficient (Wildman–Crippen LogP) is 6.02. The fraction of sp³-hybridized carbons (Fsp3) is 0.824. The molecule has 0 N–H and O–H groups in total. The van der Waals surface area contributed by atoms with Crippen molar-refractivity contribution in [2.24, 2.45) is 45.3 Å². The lowest BCUT2D eigenvalue weighted by Gasteiger charge is -2.61. The Kier molecular flexibility index (Phi) is 7.14. The minimum atomic E-state index is -0.863. The Labute approximate surface area is 245 Å². The molecule has 1 saturated heterocycles. The Morgan fingerprint density at radius 1 is 0.976 bits per heavy atom. The van der Waals surface area contributed by atoms with E-state index in [0.29, 0.717) is 32.1 Å². The van der Waals surface area contributed by atoms with Crippen molar-refractivity contribution in [3.8, 4) is 0 Å². The van der Waals surface area contributed by atoms with E-state index in [9.17, 15) is 19.2 Å². The first-order valence-electron chi connectivity index (χ1n) is 15.6. The maximum absolute atomic E-state index is 14.5. The minimum absolute atomic E-state index is 0.00908. The van der Waals surface area contributed by atoms with Crippen LogP contribution in [0.5, 0.6) is 0 Å². The molecule has 41 heavy (non-hydrogen) atoms. The van der Waals surface area contributed by atoms with Gasteiger partial charge < -0.3 is 14.2 Å². The van der Waals surface area contributed by atoms with Crippen LogP contribution in [-0.4, -0.2) is 48.4 Å². The van der Waals surface area contributed by atoms with Gasteiger partial charge in [-0.05, 0) is 61.9 Å². The molecule has 0 aromatic carbocycles. The van der Waals surface area contributed by atoms with E-state index in [-0.39, 0.29) is 59.7 Å². The van der Waals surface area contributed by atoms with Gasteiger partial charge in [-0.1, -0.05) is 48.5 Å². The van der Waals surface area contributed by atoms with E-state index in [0.717, 1.165) is 17.6 Å². The summed E-state index contributed by atoms with van der Waals surface area (Å²) in [5.74, 6) is -1.12. The summed E-state index contributed by atoms with van der Waals surface area (Å²) in [7, 11) is 1.35. The monoisotopic (exact) mass is 570 g/mol. The van der Waals surface area contributed by atoms with Crippen molar-refractivity contribution in [3.05, 3.63) is 11.1 Å². The molecule has 5 aliphatic rings. The smallest absolute Gasteiger partial charge is 0.308 e. The third kappa shape index (κ3) is 4.26. The average Bonchev–Trinajstić information content (AvgIpc) is 3.02. The van der Waals surface area contributed by atoms with Gasteiger partial charge in [-0.3, -0.25) is 19.2 Å².